The molecule has 0 saturated heterocycles. The molecule has 0 spiro atoms. The van der Waals surface area contributed by atoms with E-state index in [1.54, 1.807) is 30.3 Å². The fourth-order valence-corrected chi connectivity index (χ4v) is 5.49. The summed E-state index contributed by atoms with van der Waals surface area (Å²) in [6.07, 6.45) is 4.64. The van der Waals surface area contributed by atoms with Crippen LogP contribution in [0, 0.1) is 0 Å². The minimum atomic E-state index is 0. The molecule has 25 heavy (non-hydrogen) atoms. The molecular formula is C22H15Cl2Zr. The molecule has 0 bridgehead atoms. The molecule has 0 amide bonds. The van der Waals surface area contributed by atoms with Gasteiger partial charge in [0.25, 0.3) is 0 Å². The summed E-state index contributed by atoms with van der Waals surface area (Å²) in [7, 11) is 0. The fourth-order valence-electron chi connectivity index (χ4n) is 4.08. The van der Waals surface area contributed by atoms with Gasteiger partial charge in [0.15, 0.2) is 0 Å². The van der Waals surface area contributed by atoms with Crippen LogP contribution in [0.5, 0.6) is 0 Å². The monoisotopic (exact) mass is 439 g/mol. The second-order valence-corrected chi connectivity index (χ2v) is 7.71. The van der Waals surface area contributed by atoms with Crippen LogP contribution in [0.2, 0.25) is 0 Å². The molecule has 0 radical (unpaired) electrons. The van der Waals surface area contributed by atoms with Crippen molar-refractivity contribution in [2.24, 2.45) is 0 Å². The van der Waals surface area contributed by atoms with E-state index >= 15 is 0 Å². The summed E-state index contributed by atoms with van der Waals surface area (Å²) >= 11 is 1.58. The van der Waals surface area contributed by atoms with Crippen molar-refractivity contribution < 1.29 is 49.5 Å². The van der Waals surface area contributed by atoms with E-state index in [2.05, 4.69) is 78.9 Å². The van der Waals surface area contributed by atoms with Crippen LogP contribution in [0.15, 0.2) is 72.8 Å². The van der Waals surface area contributed by atoms with Crippen LogP contribution in [0.25, 0.3) is 17.2 Å². The van der Waals surface area contributed by atoms with Crippen molar-refractivity contribution in [3.05, 3.63) is 101 Å². The Balaban J connectivity index is 0.000000911. The number of allylic oxidation sites excluding steroid dienone is 1. The minimum absolute atomic E-state index is 0. The third-order valence-electron chi connectivity index (χ3n) is 5.12. The molecule has 121 valence electrons. The molecule has 5 rings (SSSR count). The van der Waals surface area contributed by atoms with Crippen LogP contribution in [0.3, 0.4) is 0 Å². The average Bonchev–Trinajstić information content (AvgIpc) is 3.16. The van der Waals surface area contributed by atoms with Crippen LogP contribution in [-0.4, -0.2) is 0 Å². The second-order valence-electron chi connectivity index (χ2n) is 6.29. The van der Waals surface area contributed by atoms with E-state index < -0.39 is 0 Å². The van der Waals surface area contributed by atoms with Gasteiger partial charge in [-0.25, -0.2) is 0 Å². The van der Waals surface area contributed by atoms with Gasteiger partial charge in [0.05, 0.1) is 0 Å². The first kappa shape index (κ1) is 18.6. The zero-order valence-corrected chi connectivity index (χ0v) is 17.4. The Labute approximate surface area is 176 Å². The van der Waals surface area contributed by atoms with Gasteiger partial charge in [-0.1, -0.05) is 0 Å². The van der Waals surface area contributed by atoms with E-state index in [0.29, 0.717) is 9.54 Å². The summed E-state index contributed by atoms with van der Waals surface area (Å²) in [5.41, 5.74) is 10.2. The predicted molar refractivity (Wildman–Crippen MR) is 91.0 cm³/mol. The van der Waals surface area contributed by atoms with Crippen molar-refractivity contribution in [3.8, 4) is 11.1 Å². The van der Waals surface area contributed by atoms with Crippen LogP contribution in [0.1, 0.15) is 37.4 Å². The molecule has 0 aromatic heterocycles. The van der Waals surface area contributed by atoms with Gasteiger partial charge in [0, 0.05) is 0 Å². The zero-order valence-electron chi connectivity index (χ0n) is 13.4. The number of hydrogen-bond donors (Lipinski definition) is 0. The summed E-state index contributed by atoms with van der Waals surface area (Å²) in [6.45, 7) is 0. The van der Waals surface area contributed by atoms with Gasteiger partial charge >= 0.3 is 152 Å². The van der Waals surface area contributed by atoms with E-state index in [0.717, 1.165) is 0 Å². The zero-order chi connectivity index (χ0) is 15.4. The Morgan fingerprint density at radius 2 is 1.28 bits per heavy atom. The quantitative estimate of drug-likeness (QED) is 0.477. The van der Waals surface area contributed by atoms with Crippen molar-refractivity contribution in [1.29, 1.82) is 0 Å². The summed E-state index contributed by atoms with van der Waals surface area (Å²) in [5, 5.41) is 0. The number of benzene rings is 3. The number of rotatable bonds is 1. The predicted octanol–water partition coefficient (Wildman–Crippen LogP) is -0.530. The molecule has 0 N–H and O–H groups in total. The summed E-state index contributed by atoms with van der Waals surface area (Å²) in [4.78, 5) is 0. The van der Waals surface area contributed by atoms with E-state index in [1.165, 1.54) is 33.4 Å². The molecule has 2 aliphatic rings. The maximum absolute atomic E-state index is 2.37. The van der Waals surface area contributed by atoms with E-state index in [1.807, 2.05) is 0 Å². The summed E-state index contributed by atoms with van der Waals surface area (Å²) in [5.74, 6) is 0.401. The topological polar surface area (TPSA) is 0 Å². The van der Waals surface area contributed by atoms with Gasteiger partial charge in [-0.05, 0) is 0 Å². The van der Waals surface area contributed by atoms with E-state index in [9.17, 15) is 0 Å². The molecule has 2 atom stereocenters. The van der Waals surface area contributed by atoms with Gasteiger partial charge < -0.3 is 24.8 Å². The molecule has 0 saturated carbocycles. The third kappa shape index (κ3) is 2.78. The molecule has 0 aliphatic heterocycles. The van der Waals surface area contributed by atoms with Gasteiger partial charge in [-0.2, -0.15) is 0 Å². The molecular weight excluding hydrogens is 426 g/mol. The first-order chi connectivity index (χ1) is 11.3. The Morgan fingerprint density at radius 3 is 2.12 bits per heavy atom. The van der Waals surface area contributed by atoms with Gasteiger partial charge in [0.1, 0.15) is 0 Å². The van der Waals surface area contributed by atoms with Crippen LogP contribution < -0.4 is 24.8 Å². The van der Waals surface area contributed by atoms with Crippen molar-refractivity contribution >= 4 is 6.08 Å². The summed E-state index contributed by atoms with van der Waals surface area (Å²) < 4.78 is 0.561. The molecule has 2 aliphatic carbocycles. The van der Waals surface area contributed by atoms with Crippen molar-refractivity contribution in [2.75, 3.05) is 0 Å². The molecule has 3 aromatic carbocycles. The third-order valence-corrected chi connectivity index (χ3v) is 6.60. The summed E-state index contributed by atoms with van der Waals surface area (Å²) in [6, 6.07) is 24.6. The standard InChI is InChI=1S/C22H15.2ClH.Zr/c1-3-8-17-15(6-1)12-13-21(17)20-11-5-10-19-18-9-4-2-7-16(18)14-22(19)20;;;/h1-14,21H;2*1H;/q;;;+2/p-2. The van der Waals surface area contributed by atoms with E-state index in [-0.39, 0.29) is 24.8 Å². The Kier molecular flexibility index (Phi) is 5.40. The van der Waals surface area contributed by atoms with Crippen LogP contribution in [0.4, 0.5) is 0 Å². The number of fused-ring (bicyclic) bond motifs is 4. The van der Waals surface area contributed by atoms with Gasteiger partial charge in [-0.3, -0.25) is 0 Å². The fraction of sp³-hybridized carbons (Fsp3) is 0.0909. The molecule has 3 heteroatoms. The van der Waals surface area contributed by atoms with Crippen molar-refractivity contribution in [1.82, 2.24) is 0 Å². The second kappa shape index (κ2) is 7.24. The van der Waals surface area contributed by atoms with Crippen LogP contribution >= 0.6 is 0 Å². The molecule has 0 nitrogen and oxygen atoms in total. The Hall–Kier alpha value is -1.14. The van der Waals surface area contributed by atoms with Gasteiger partial charge in [0.2, 0.25) is 0 Å². The Morgan fingerprint density at radius 1 is 0.640 bits per heavy atom. The average molecular weight is 441 g/mol. The van der Waals surface area contributed by atoms with Crippen LogP contribution in [-0.2, 0) is 24.7 Å². The molecule has 2 unspecified atom stereocenters. The van der Waals surface area contributed by atoms with Crippen molar-refractivity contribution in [3.63, 3.8) is 0 Å². The first-order valence-corrected chi connectivity index (χ1v) is 9.47. The normalized spacial score (nSPS) is 18.6. The first-order valence-electron chi connectivity index (χ1n) is 8.05. The van der Waals surface area contributed by atoms with Crippen molar-refractivity contribution in [2.45, 2.75) is 9.54 Å². The molecule has 0 fully saturated rings. The van der Waals surface area contributed by atoms with E-state index in [4.69, 9.17) is 0 Å². The molecule has 0 heterocycles. The Bertz CT molecular complexity index is 962. The maximum atomic E-state index is 2.37. The van der Waals surface area contributed by atoms with Gasteiger partial charge in [-0.15, -0.1) is 0 Å². The number of halogens is 2. The number of hydrogen-bond acceptors (Lipinski definition) is 0. The SMILES string of the molecule is [Cl-].[Cl-].[Zr+2][CH]1c2ccccc2-c2cccc(C3C=Cc4ccccc43)c21. The molecule has 3 aromatic rings.